The maximum atomic E-state index is 11.0. The van der Waals surface area contributed by atoms with E-state index in [0.717, 1.165) is 25.7 Å². The summed E-state index contributed by atoms with van der Waals surface area (Å²) in [6, 6.07) is 2.91. The van der Waals surface area contributed by atoms with Crippen molar-refractivity contribution in [1.29, 1.82) is 0 Å². The van der Waals surface area contributed by atoms with Gasteiger partial charge in [-0.3, -0.25) is 4.79 Å². The minimum atomic E-state index is -0.498. The second-order valence-electron chi connectivity index (χ2n) is 4.95. The molecule has 0 radical (unpaired) electrons. The maximum Gasteiger partial charge on any atom is 0.278 e. The van der Waals surface area contributed by atoms with Crippen molar-refractivity contribution in [3.8, 4) is 11.6 Å². The van der Waals surface area contributed by atoms with E-state index >= 15 is 0 Å². The van der Waals surface area contributed by atoms with Gasteiger partial charge in [0.15, 0.2) is 5.82 Å². The Morgan fingerprint density at radius 3 is 2.74 bits per heavy atom. The van der Waals surface area contributed by atoms with E-state index in [2.05, 4.69) is 20.3 Å². The Kier molecular flexibility index (Phi) is 2.90. The highest BCUT2D eigenvalue weighted by Gasteiger charge is 2.34. The van der Waals surface area contributed by atoms with E-state index < -0.39 is 5.54 Å². The van der Waals surface area contributed by atoms with Crippen LogP contribution in [-0.2, 0) is 5.54 Å². The highest BCUT2D eigenvalue weighted by molar-refractivity contribution is 5.44. The predicted octanol–water partition coefficient (Wildman–Crippen LogP) is 0.938. The molecule has 0 amide bonds. The molecule has 1 fully saturated rings. The van der Waals surface area contributed by atoms with Crippen molar-refractivity contribution >= 4 is 0 Å². The number of nitrogens with one attached hydrogen (secondary N) is 1. The summed E-state index contributed by atoms with van der Waals surface area (Å²) in [6.07, 6.45) is 5.09. The maximum absolute atomic E-state index is 11.0. The molecular formula is C12H15N5O2. The highest BCUT2D eigenvalue weighted by Crippen LogP contribution is 2.33. The van der Waals surface area contributed by atoms with E-state index in [4.69, 9.17) is 10.3 Å². The topological polar surface area (TPSA) is 111 Å². The lowest BCUT2D eigenvalue weighted by Gasteiger charge is -2.29. The van der Waals surface area contributed by atoms with E-state index in [0.29, 0.717) is 11.5 Å². The number of aromatic nitrogens is 4. The largest absolute Gasteiger partial charge is 0.332 e. The summed E-state index contributed by atoms with van der Waals surface area (Å²) in [5, 5.41) is 10.2. The van der Waals surface area contributed by atoms with Crippen LogP contribution in [0.2, 0.25) is 0 Å². The second kappa shape index (κ2) is 4.58. The Balaban J connectivity index is 1.90. The molecule has 100 valence electrons. The van der Waals surface area contributed by atoms with Gasteiger partial charge in [0, 0.05) is 6.07 Å². The summed E-state index contributed by atoms with van der Waals surface area (Å²) in [5.41, 5.74) is 6.01. The van der Waals surface area contributed by atoms with Crippen molar-refractivity contribution in [3.05, 3.63) is 28.3 Å². The average molecular weight is 261 g/mol. The Hall–Kier alpha value is -2.02. The third-order valence-corrected chi connectivity index (χ3v) is 3.52. The fourth-order valence-corrected chi connectivity index (χ4v) is 2.40. The number of H-pyrrole nitrogens is 1. The Labute approximate surface area is 109 Å². The number of hydrogen-bond acceptors (Lipinski definition) is 6. The molecule has 0 aromatic carbocycles. The molecule has 0 aliphatic heterocycles. The van der Waals surface area contributed by atoms with E-state index in [1.165, 1.54) is 12.5 Å². The minimum absolute atomic E-state index is 0.272. The smallest absolute Gasteiger partial charge is 0.278 e. The van der Waals surface area contributed by atoms with Crippen LogP contribution < -0.4 is 11.3 Å². The van der Waals surface area contributed by atoms with E-state index in [9.17, 15) is 4.79 Å². The highest BCUT2D eigenvalue weighted by atomic mass is 16.5. The fourth-order valence-electron chi connectivity index (χ4n) is 2.40. The predicted molar refractivity (Wildman–Crippen MR) is 67.1 cm³/mol. The first kappa shape index (κ1) is 12.0. The van der Waals surface area contributed by atoms with E-state index in [1.807, 2.05) is 0 Å². The zero-order valence-corrected chi connectivity index (χ0v) is 10.4. The molecule has 2 aromatic rings. The van der Waals surface area contributed by atoms with Gasteiger partial charge in [-0.05, 0) is 18.9 Å². The van der Waals surface area contributed by atoms with Crippen LogP contribution in [0.5, 0.6) is 0 Å². The number of rotatable bonds is 2. The number of nitrogens with zero attached hydrogens (tertiary/aromatic N) is 3. The quantitative estimate of drug-likeness (QED) is 0.832. The van der Waals surface area contributed by atoms with Crippen LogP contribution in [0.3, 0.4) is 0 Å². The van der Waals surface area contributed by atoms with Gasteiger partial charge in [-0.25, -0.2) is 5.10 Å². The fraction of sp³-hybridized carbons (Fsp3) is 0.500. The summed E-state index contributed by atoms with van der Waals surface area (Å²) in [6.45, 7) is 0. The van der Waals surface area contributed by atoms with Crippen LogP contribution in [0, 0.1) is 0 Å². The van der Waals surface area contributed by atoms with Crippen LogP contribution in [-0.4, -0.2) is 20.3 Å². The molecule has 0 unspecified atom stereocenters. The molecule has 1 aliphatic carbocycles. The van der Waals surface area contributed by atoms with Crippen LogP contribution >= 0.6 is 0 Å². The Morgan fingerprint density at radius 1 is 1.26 bits per heavy atom. The van der Waals surface area contributed by atoms with Crippen molar-refractivity contribution in [1.82, 2.24) is 20.3 Å². The second-order valence-corrected chi connectivity index (χ2v) is 4.95. The lowest BCUT2D eigenvalue weighted by atomic mass is 9.82. The van der Waals surface area contributed by atoms with E-state index in [1.54, 1.807) is 6.07 Å². The van der Waals surface area contributed by atoms with Crippen molar-refractivity contribution in [3.63, 3.8) is 0 Å². The van der Waals surface area contributed by atoms with Crippen molar-refractivity contribution in [2.24, 2.45) is 5.73 Å². The zero-order chi connectivity index (χ0) is 13.3. The SMILES string of the molecule is NC1(c2noc(-c3ccc(=O)[nH]n3)n2)CCCCC1. The molecule has 7 nitrogen and oxygen atoms in total. The third-order valence-electron chi connectivity index (χ3n) is 3.52. The number of hydrogen-bond donors (Lipinski definition) is 2. The average Bonchev–Trinajstić information content (AvgIpc) is 2.91. The van der Waals surface area contributed by atoms with Crippen molar-refractivity contribution in [2.75, 3.05) is 0 Å². The molecule has 2 aromatic heterocycles. The summed E-state index contributed by atoms with van der Waals surface area (Å²) in [7, 11) is 0. The van der Waals surface area contributed by atoms with Crippen LogP contribution in [0.1, 0.15) is 37.9 Å². The first-order valence-corrected chi connectivity index (χ1v) is 6.37. The van der Waals surface area contributed by atoms with Crippen molar-refractivity contribution in [2.45, 2.75) is 37.6 Å². The van der Waals surface area contributed by atoms with Crippen LogP contribution in [0.15, 0.2) is 21.5 Å². The van der Waals surface area contributed by atoms with Crippen molar-refractivity contribution < 1.29 is 4.52 Å². The summed E-state index contributed by atoms with van der Waals surface area (Å²) < 4.78 is 5.18. The molecule has 1 aliphatic rings. The standard InChI is InChI=1S/C12H15N5O2/c13-12(6-2-1-3-7-12)11-14-10(19-17-11)8-4-5-9(18)16-15-8/h4-5H,1-3,6-7,13H2,(H,16,18). The minimum Gasteiger partial charge on any atom is -0.332 e. The Morgan fingerprint density at radius 2 is 2.05 bits per heavy atom. The van der Waals surface area contributed by atoms with Gasteiger partial charge < -0.3 is 10.3 Å². The molecular weight excluding hydrogens is 246 g/mol. The number of aromatic amines is 1. The summed E-state index contributed by atoms with van der Waals surface area (Å²) in [5.74, 6) is 0.803. The first-order chi connectivity index (χ1) is 9.17. The zero-order valence-electron chi connectivity index (χ0n) is 10.4. The van der Waals surface area contributed by atoms with Gasteiger partial charge in [-0.2, -0.15) is 10.1 Å². The van der Waals surface area contributed by atoms with Gasteiger partial charge in [0.2, 0.25) is 0 Å². The molecule has 19 heavy (non-hydrogen) atoms. The van der Waals surface area contributed by atoms with Crippen LogP contribution in [0.4, 0.5) is 0 Å². The monoisotopic (exact) mass is 261 g/mol. The lowest BCUT2D eigenvalue weighted by molar-refractivity contribution is 0.275. The molecule has 0 spiro atoms. The van der Waals surface area contributed by atoms with Gasteiger partial charge >= 0.3 is 0 Å². The van der Waals surface area contributed by atoms with Gasteiger partial charge in [0.25, 0.3) is 11.4 Å². The summed E-state index contributed by atoms with van der Waals surface area (Å²) in [4.78, 5) is 15.3. The molecule has 2 heterocycles. The van der Waals surface area contributed by atoms with Gasteiger partial charge in [-0.1, -0.05) is 24.4 Å². The molecule has 7 heteroatoms. The molecule has 0 atom stereocenters. The Bertz CT molecular complexity index is 607. The third kappa shape index (κ3) is 2.28. The van der Waals surface area contributed by atoms with Crippen LogP contribution in [0.25, 0.3) is 11.6 Å². The lowest BCUT2D eigenvalue weighted by Crippen LogP contribution is -2.39. The normalized spacial score (nSPS) is 18.4. The number of nitrogens with two attached hydrogens (primary N) is 1. The molecule has 3 N–H and O–H groups in total. The van der Waals surface area contributed by atoms with Gasteiger partial charge in [0.1, 0.15) is 5.69 Å². The molecule has 0 saturated heterocycles. The van der Waals surface area contributed by atoms with Gasteiger partial charge in [-0.15, -0.1) is 0 Å². The van der Waals surface area contributed by atoms with E-state index in [-0.39, 0.29) is 11.4 Å². The molecule has 3 rings (SSSR count). The first-order valence-electron chi connectivity index (χ1n) is 6.37. The van der Waals surface area contributed by atoms with Gasteiger partial charge in [0.05, 0.1) is 5.54 Å². The summed E-state index contributed by atoms with van der Waals surface area (Å²) >= 11 is 0. The molecule has 1 saturated carbocycles. The molecule has 0 bridgehead atoms.